The monoisotopic (exact) mass is 231 g/mol. The maximum absolute atomic E-state index is 12.3. The zero-order valence-electron chi connectivity index (χ0n) is 9.14. The summed E-state index contributed by atoms with van der Waals surface area (Å²) in [5.74, 6) is 0.854. The molecule has 4 aliphatic heterocycles. The van der Waals surface area contributed by atoms with Crippen molar-refractivity contribution in [2.75, 3.05) is 6.54 Å². The lowest BCUT2D eigenvalue weighted by Gasteiger charge is -2.60. The summed E-state index contributed by atoms with van der Waals surface area (Å²) in [5, 5.41) is 0.759. The highest BCUT2D eigenvalue weighted by atomic mass is 32.2. The molecule has 3 atom stereocenters. The van der Waals surface area contributed by atoms with Crippen LogP contribution in [0.25, 0.3) is 0 Å². The molecule has 1 spiro atoms. The van der Waals surface area contributed by atoms with Crippen molar-refractivity contribution in [1.82, 2.24) is 4.90 Å². The summed E-state index contributed by atoms with van der Waals surface area (Å²) in [5.41, 5.74) is 2.19. The Balaban J connectivity index is 1.98. The van der Waals surface area contributed by atoms with Crippen LogP contribution in [0.3, 0.4) is 0 Å². The van der Waals surface area contributed by atoms with Crippen LogP contribution in [0.15, 0.2) is 24.3 Å². The Morgan fingerprint density at radius 1 is 1.44 bits per heavy atom. The lowest BCUT2D eigenvalue weighted by Crippen LogP contribution is -2.62. The SMILES string of the molecule is C[C@H]1[C@@H]2CCN3C(=O)c4ccccc4[C@]13S2. The molecule has 0 saturated carbocycles. The topological polar surface area (TPSA) is 20.3 Å². The predicted molar refractivity (Wildman–Crippen MR) is 64.3 cm³/mol. The number of fused-ring (bicyclic) bond motifs is 2. The van der Waals surface area contributed by atoms with Crippen molar-refractivity contribution in [2.24, 2.45) is 5.92 Å². The molecule has 5 rings (SSSR count). The molecule has 3 fully saturated rings. The number of benzene rings is 1. The smallest absolute Gasteiger partial charge is 0.255 e. The van der Waals surface area contributed by atoms with E-state index in [0.29, 0.717) is 5.92 Å². The van der Waals surface area contributed by atoms with Gasteiger partial charge in [-0.25, -0.2) is 0 Å². The summed E-state index contributed by atoms with van der Waals surface area (Å²) in [6, 6.07) is 8.14. The summed E-state index contributed by atoms with van der Waals surface area (Å²) < 4.78 is 0. The van der Waals surface area contributed by atoms with Crippen LogP contribution >= 0.6 is 11.8 Å². The summed E-state index contributed by atoms with van der Waals surface area (Å²) in [6.45, 7) is 3.23. The Kier molecular flexibility index (Phi) is 1.51. The highest BCUT2D eigenvalue weighted by Crippen LogP contribution is 2.67. The average molecular weight is 231 g/mol. The molecule has 0 aromatic heterocycles. The van der Waals surface area contributed by atoms with Crippen molar-refractivity contribution in [2.45, 2.75) is 23.5 Å². The minimum atomic E-state index is -0.00338. The minimum absolute atomic E-state index is 0.00338. The predicted octanol–water partition coefficient (Wildman–Crippen LogP) is 2.45. The molecule has 16 heavy (non-hydrogen) atoms. The third kappa shape index (κ3) is 0.755. The van der Waals surface area contributed by atoms with Crippen LogP contribution in [0.4, 0.5) is 0 Å². The van der Waals surface area contributed by atoms with Crippen molar-refractivity contribution < 1.29 is 4.79 Å². The minimum Gasteiger partial charge on any atom is -0.319 e. The lowest BCUT2D eigenvalue weighted by atomic mass is 9.85. The number of nitrogens with zero attached hydrogens (tertiary/aromatic N) is 1. The van der Waals surface area contributed by atoms with E-state index in [1.54, 1.807) is 0 Å². The van der Waals surface area contributed by atoms with Gasteiger partial charge in [0.2, 0.25) is 0 Å². The Morgan fingerprint density at radius 2 is 2.25 bits per heavy atom. The van der Waals surface area contributed by atoms with E-state index in [4.69, 9.17) is 0 Å². The number of amides is 1. The molecule has 1 aromatic rings. The molecular formula is C13H13NOS. The third-order valence-electron chi connectivity index (χ3n) is 4.33. The van der Waals surface area contributed by atoms with Gasteiger partial charge in [-0.15, -0.1) is 11.8 Å². The van der Waals surface area contributed by atoms with E-state index in [1.807, 2.05) is 23.9 Å². The van der Waals surface area contributed by atoms with E-state index < -0.39 is 0 Å². The zero-order chi connectivity index (χ0) is 10.9. The van der Waals surface area contributed by atoms with E-state index in [0.717, 1.165) is 23.8 Å². The summed E-state index contributed by atoms with van der Waals surface area (Å²) >= 11 is 1.99. The number of piperidine rings is 1. The third-order valence-corrected chi connectivity index (χ3v) is 6.45. The van der Waals surface area contributed by atoms with Crippen molar-refractivity contribution >= 4 is 17.7 Å². The van der Waals surface area contributed by atoms with Crippen LogP contribution in [0, 0.1) is 5.92 Å². The normalized spacial score (nSPS) is 39.1. The van der Waals surface area contributed by atoms with Gasteiger partial charge >= 0.3 is 0 Å². The molecule has 4 heterocycles. The van der Waals surface area contributed by atoms with Gasteiger partial charge in [-0.3, -0.25) is 4.79 Å². The van der Waals surface area contributed by atoms with Crippen LogP contribution < -0.4 is 0 Å². The van der Waals surface area contributed by atoms with E-state index in [9.17, 15) is 4.79 Å². The van der Waals surface area contributed by atoms with Gasteiger partial charge in [0.25, 0.3) is 5.91 Å². The molecule has 0 N–H and O–H groups in total. The zero-order valence-corrected chi connectivity index (χ0v) is 9.96. The van der Waals surface area contributed by atoms with E-state index >= 15 is 0 Å². The van der Waals surface area contributed by atoms with Gasteiger partial charge < -0.3 is 4.90 Å². The largest absolute Gasteiger partial charge is 0.319 e. The fraction of sp³-hybridized carbons (Fsp3) is 0.462. The van der Waals surface area contributed by atoms with Crippen molar-refractivity contribution in [1.29, 1.82) is 0 Å². The van der Waals surface area contributed by atoms with Crippen molar-refractivity contribution in [3.63, 3.8) is 0 Å². The molecular weight excluding hydrogens is 218 g/mol. The summed E-state index contributed by atoms with van der Waals surface area (Å²) in [6.07, 6.45) is 1.16. The van der Waals surface area contributed by atoms with Crippen LogP contribution in [-0.2, 0) is 4.87 Å². The molecule has 2 nitrogen and oxygen atoms in total. The molecule has 82 valence electrons. The van der Waals surface area contributed by atoms with Gasteiger partial charge in [0.15, 0.2) is 0 Å². The first-order valence-corrected chi connectivity index (χ1v) is 6.72. The number of rotatable bonds is 0. The van der Waals surface area contributed by atoms with Gasteiger partial charge in [0.1, 0.15) is 4.87 Å². The Labute approximate surface area is 99.0 Å². The number of carbonyl (C=O) groups is 1. The van der Waals surface area contributed by atoms with Crippen LogP contribution in [0.2, 0.25) is 0 Å². The van der Waals surface area contributed by atoms with Crippen LogP contribution in [0.1, 0.15) is 29.3 Å². The number of carbonyl (C=O) groups excluding carboxylic acids is 1. The van der Waals surface area contributed by atoms with Gasteiger partial charge in [-0.1, -0.05) is 25.1 Å². The van der Waals surface area contributed by atoms with Gasteiger partial charge in [0.05, 0.1) is 0 Å². The molecule has 0 aliphatic carbocycles. The Morgan fingerprint density at radius 3 is 3.06 bits per heavy atom. The first kappa shape index (κ1) is 9.11. The first-order valence-electron chi connectivity index (χ1n) is 5.84. The number of hydrogen-bond donors (Lipinski definition) is 0. The van der Waals surface area contributed by atoms with E-state index in [2.05, 4.69) is 24.0 Å². The number of thioether (sulfide) groups is 1. The molecule has 1 amide bonds. The van der Waals surface area contributed by atoms with Crippen molar-refractivity contribution in [3.8, 4) is 0 Å². The Bertz CT molecular complexity index is 500. The van der Waals surface area contributed by atoms with Gasteiger partial charge in [-0.05, 0) is 12.5 Å². The summed E-state index contributed by atoms with van der Waals surface area (Å²) in [7, 11) is 0. The molecule has 2 bridgehead atoms. The van der Waals surface area contributed by atoms with Crippen molar-refractivity contribution in [3.05, 3.63) is 35.4 Å². The van der Waals surface area contributed by atoms with Crippen LogP contribution in [0.5, 0.6) is 0 Å². The fourth-order valence-electron chi connectivity index (χ4n) is 3.49. The second-order valence-electron chi connectivity index (χ2n) is 4.93. The number of hydrogen-bond acceptors (Lipinski definition) is 2. The molecule has 1 aromatic carbocycles. The molecule has 0 unspecified atom stereocenters. The average Bonchev–Trinajstić information content (AvgIpc) is 2.63. The fourth-order valence-corrected chi connectivity index (χ4v) is 5.34. The highest BCUT2D eigenvalue weighted by molar-refractivity contribution is 8.02. The second-order valence-corrected chi connectivity index (χ2v) is 6.40. The molecule has 3 heteroatoms. The first-order chi connectivity index (χ1) is 7.75. The maximum atomic E-state index is 12.3. The van der Waals surface area contributed by atoms with E-state index in [-0.39, 0.29) is 10.8 Å². The van der Waals surface area contributed by atoms with Gasteiger partial charge in [-0.2, -0.15) is 0 Å². The Hall–Kier alpha value is -0.960. The molecule has 3 saturated heterocycles. The highest BCUT2D eigenvalue weighted by Gasteiger charge is 2.65. The lowest BCUT2D eigenvalue weighted by molar-refractivity contribution is 0.0425. The second kappa shape index (κ2) is 2.65. The van der Waals surface area contributed by atoms with Gasteiger partial charge in [0, 0.05) is 28.8 Å². The van der Waals surface area contributed by atoms with E-state index in [1.165, 1.54) is 5.56 Å². The maximum Gasteiger partial charge on any atom is 0.255 e. The molecule has 0 radical (unpaired) electrons. The van der Waals surface area contributed by atoms with Crippen LogP contribution in [-0.4, -0.2) is 22.6 Å². The molecule has 4 aliphatic rings. The summed E-state index contributed by atoms with van der Waals surface area (Å²) in [4.78, 5) is 14.4. The quantitative estimate of drug-likeness (QED) is 0.683. The standard InChI is InChI=1S/C13H13NOS/c1-8-11-6-7-14-12(15)9-4-2-3-5-10(9)13(8,14)16-11/h2-5,8,11H,6-7H2,1H3/t8-,11-,13+/m0/s1.